The maximum Gasteiger partial charge on any atom is 0.410 e. The summed E-state index contributed by atoms with van der Waals surface area (Å²) in [5.41, 5.74) is 0.209. The second-order valence-electron chi connectivity index (χ2n) is 7.36. The van der Waals surface area contributed by atoms with E-state index >= 15 is 0 Å². The maximum atomic E-state index is 13.8. The van der Waals surface area contributed by atoms with Gasteiger partial charge in [0.2, 0.25) is 0 Å². The first-order valence-electron chi connectivity index (χ1n) is 8.24. The molecule has 1 aliphatic rings. The summed E-state index contributed by atoms with van der Waals surface area (Å²) in [6, 6.07) is 2.68. The van der Waals surface area contributed by atoms with Gasteiger partial charge in [0.1, 0.15) is 11.4 Å². The fourth-order valence-corrected chi connectivity index (χ4v) is 3.34. The molecule has 0 aliphatic carbocycles. The summed E-state index contributed by atoms with van der Waals surface area (Å²) in [7, 11) is 0. The van der Waals surface area contributed by atoms with E-state index in [1.54, 1.807) is 22.8 Å². The van der Waals surface area contributed by atoms with Crippen molar-refractivity contribution < 1.29 is 18.7 Å². The number of piperazine rings is 1. The van der Waals surface area contributed by atoms with Crippen LogP contribution in [0.5, 0.6) is 0 Å². The molecule has 1 aromatic rings. The van der Waals surface area contributed by atoms with Crippen LogP contribution in [-0.4, -0.2) is 53.1 Å². The lowest BCUT2D eigenvalue weighted by Crippen LogP contribution is -2.56. The van der Waals surface area contributed by atoms with Crippen LogP contribution in [0.2, 0.25) is 0 Å². The summed E-state index contributed by atoms with van der Waals surface area (Å²) >= 11 is 3.33. The van der Waals surface area contributed by atoms with Gasteiger partial charge in [0.15, 0.2) is 0 Å². The van der Waals surface area contributed by atoms with E-state index in [1.165, 1.54) is 6.07 Å². The highest BCUT2D eigenvalue weighted by molar-refractivity contribution is 9.10. The minimum Gasteiger partial charge on any atom is -0.444 e. The molecule has 0 spiro atoms. The number of ether oxygens (including phenoxy) is 1. The molecule has 25 heavy (non-hydrogen) atoms. The molecule has 5 nitrogen and oxygen atoms in total. The fourth-order valence-electron chi connectivity index (χ4n) is 2.71. The minimum absolute atomic E-state index is 0.179. The van der Waals surface area contributed by atoms with Gasteiger partial charge >= 0.3 is 6.09 Å². The molecule has 138 valence electrons. The smallest absolute Gasteiger partial charge is 0.410 e. The van der Waals surface area contributed by atoms with Crippen molar-refractivity contribution in [1.29, 1.82) is 0 Å². The third-order valence-corrected chi connectivity index (χ3v) is 4.68. The van der Waals surface area contributed by atoms with E-state index in [9.17, 15) is 14.0 Å². The highest BCUT2D eigenvalue weighted by Gasteiger charge is 2.33. The lowest BCUT2D eigenvalue weighted by molar-refractivity contribution is 0.00197. The normalized spacial score (nSPS) is 18.3. The second kappa shape index (κ2) is 7.32. The number of halogens is 2. The first-order chi connectivity index (χ1) is 11.5. The number of hydrogen-bond acceptors (Lipinski definition) is 3. The molecule has 2 rings (SSSR count). The SMILES string of the molecule is Cc1cc(Br)c(C(=O)N2CCN(C(=O)OC(C)(C)C)[C@@H](C)C2)cc1F. The molecule has 1 heterocycles. The first kappa shape index (κ1) is 19.7. The number of aryl methyl sites for hydroxylation is 1. The molecule has 1 fully saturated rings. The zero-order chi connectivity index (χ0) is 18.9. The van der Waals surface area contributed by atoms with Crippen LogP contribution in [-0.2, 0) is 4.74 Å². The Balaban J connectivity index is 2.09. The molecule has 0 unspecified atom stereocenters. The van der Waals surface area contributed by atoms with Crippen molar-refractivity contribution in [3.05, 3.63) is 33.5 Å². The standard InChI is InChI=1S/C18H24BrFN2O3/c1-11-8-14(19)13(9-15(11)20)16(23)21-6-7-22(12(2)10-21)17(24)25-18(3,4)5/h8-9,12H,6-7,10H2,1-5H3/t12-/m0/s1. The predicted octanol–water partition coefficient (Wildman–Crippen LogP) is 3.98. The molecular formula is C18H24BrFN2O3. The number of rotatable bonds is 1. The van der Waals surface area contributed by atoms with Crippen LogP contribution in [0.3, 0.4) is 0 Å². The molecule has 1 atom stereocenters. The van der Waals surface area contributed by atoms with Crippen LogP contribution in [0.25, 0.3) is 0 Å². The third kappa shape index (κ3) is 4.71. The molecule has 0 bridgehead atoms. The molecule has 0 aromatic heterocycles. The van der Waals surface area contributed by atoms with Gasteiger partial charge in [-0.3, -0.25) is 4.79 Å². The van der Waals surface area contributed by atoms with Gasteiger partial charge in [-0.25, -0.2) is 9.18 Å². The maximum absolute atomic E-state index is 13.8. The number of carbonyl (C=O) groups excluding carboxylic acids is 2. The summed E-state index contributed by atoms with van der Waals surface area (Å²) in [5.74, 6) is -0.659. The molecule has 1 aliphatic heterocycles. The Labute approximate surface area is 156 Å². The second-order valence-corrected chi connectivity index (χ2v) is 8.21. The molecular weight excluding hydrogens is 391 g/mol. The van der Waals surface area contributed by atoms with E-state index in [4.69, 9.17) is 4.74 Å². The van der Waals surface area contributed by atoms with Crippen LogP contribution in [0.15, 0.2) is 16.6 Å². The Morgan fingerprint density at radius 2 is 1.92 bits per heavy atom. The lowest BCUT2D eigenvalue weighted by atomic mass is 10.1. The van der Waals surface area contributed by atoms with Gasteiger partial charge < -0.3 is 14.5 Å². The third-order valence-electron chi connectivity index (χ3n) is 4.02. The lowest BCUT2D eigenvalue weighted by Gasteiger charge is -2.40. The van der Waals surface area contributed by atoms with Crippen LogP contribution >= 0.6 is 15.9 Å². The average molecular weight is 415 g/mol. The van der Waals surface area contributed by atoms with Crippen molar-refractivity contribution in [2.45, 2.75) is 46.3 Å². The summed E-state index contributed by atoms with van der Waals surface area (Å²) in [6.07, 6.45) is -0.380. The Morgan fingerprint density at radius 3 is 2.48 bits per heavy atom. The summed E-state index contributed by atoms with van der Waals surface area (Å²) < 4.78 is 19.8. The minimum atomic E-state index is -0.561. The van der Waals surface area contributed by atoms with Gasteiger partial charge in [0, 0.05) is 30.1 Å². The molecule has 2 amide bonds. The topological polar surface area (TPSA) is 49.9 Å². The van der Waals surface area contributed by atoms with E-state index in [0.29, 0.717) is 35.2 Å². The Morgan fingerprint density at radius 1 is 1.28 bits per heavy atom. The van der Waals surface area contributed by atoms with E-state index in [-0.39, 0.29) is 18.0 Å². The van der Waals surface area contributed by atoms with Gasteiger partial charge in [0.05, 0.1) is 5.56 Å². The molecule has 1 aromatic carbocycles. The van der Waals surface area contributed by atoms with Crippen molar-refractivity contribution in [2.75, 3.05) is 19.6 Å². The number of nitrogens with zero attached hydrogens (tertiary/aromatic N) is 2. The van der Waals surface area contributed by atoms with Gasteiger partial charge in [-0.15, -0.1) is 0 Å². The quantitative estimate of drug-likeness (QED) is 0.698. The van der Waals surface area contributed by atoms with E-state index in [1.807, 2.05) is 27.7 Å². The van der Waals surface area contributed by atoms with Crippen molar-refractivity contribution in [1.82, 2.24) is 9.80 Å². The van der Waals surface area contributed by atoms with Gasteiger partial charge in [-0.2, -0.15) is 0 Å². The van der Waals surface area contributed by atoms with Crippen molar-refractivity contribution in [3.63, 3.8) is 0 Å². The van der Waals surface area contributed by atoms with Gasteiger partial charge in [0.25, 0.3) is 5.91 Å². The highest BCUT2D eigenvalue weighted by Crippen LogP contribution is 2.24. The molecule has 0 saturated carbocycles. The first-order valence-corrected chi connectivity index (χ1v) is 9.03. The number of hydrogen-bond donors (Lipinski definition) is 0. The molecule has 1 saturated heterocycles. The zero-order valence-electron chi connectivity index (χ0n) is 15.2. The average Bonchev–Trinajstić information content (AvgIpc) is 2.48. The van der Waals surface area contributed by atoms with Crippen LogP contribution in [0.4, 0.5) is 9.18 Å². The Bertz CT molecular complexity index is 688. The Kier molecular flexibility index (Phi) is 5.76. The molecule has 0 N–H and O–H groups in total. The summed E-state index contributed by atoms with van der Waals surface area (Å²) in [6.45, 7) is 10.1. The zero-order valence-corrected chi connectivity index (χ0v) is 16.8. The van der Waals surface area contributed by atoms with Crippen LogP contribution in [0.1, 0.15) is 43.6 Å². The van der Waals surface area contributed by atoms with Gasteiger partial charge in [-0.1, -0.05) is 0 Å². The molecule has 7 heteroatoms. The van der Waals surface area contributed by atoms with Gasteiger partial charge in [-0.05, 0) is 68.2 Å². The monoisotopic (exact) mass is 414 g/mol. The van der Waals surface area contributed by atoms with Crippen molar-refractivity contribution >= 4 is 27.9 Å². The van der Waals surface area contributed by atoms with Crippen LogP contribution in [0, 0.1) is 12.7 Å². The summed E-state index contributed by atoms with van der Waals surface area (Å²) in [4.78, 5) is 28.2. The Hall–Kier alpha value is -1.63. The predicted molar refractivity (Wildman–Crippen MR) is 97.1 cm³/mol. The van der Waals surface area contributed by atoms with E-state index < -0.39 is 11.4 Å². The highest BCUT2D eigenvalue weighted by atomic mass is 79.9. The fraction of sp³-hybridized carbons (Fsp3) is 0.556. The van der Waals surface area contributed by atoms with Crippen molar-refractivity contribution in [3.8, 4) is 0 Å². The van der Waals surface area contributed by atoms with E-state index in [2.05, 4.69) is 15.9 Å². The molecule has 0 radical (unpaired) electrons. The largest absolute Gasteiger partial charge is 0.444 e. The number of carbonyl (C=O) groups is 2. The van der Waals surface area contributed by atoms with Crippen molar-refractivity contribution in [2.24, 2.45) is 0 Å². The number of benzene rings is 1. The van der Waals surface area contributed by atoms with Crippen LogP contribution < -0.4 is 0 Å². The number of amides is 2. The summed E-state index contributed by atoms with van der Waals surface area (Å²) in [5, 5.41) is 0. The van der Waals surface area contributed by atoms with E-state index in [0.717, 1.165) is 0 Å².